The van der Waals surface area contributed by atoms with Crippen molar-refractivity contribution in [2.45, 2.75) is 13.0 Å². The van der Waals surface area contributed by atoms with Crippen LogP contribution < -0.4 is 0 Å². The second-order valence-corrected chi connectivity index (χ2v) is 6.89. The fourth-order valence-electron chi connectivity index (χ4n) is 2.12. The Morgan fingerprint density at radius 1 is 1.30 bits per heavy atom. The average Bonchev–Trinajstić information content (AvgIpc) is 3.01. The number of imidazole rings is 1. The average molecular weight is 368 g/mol. The number of hydrogen-bond donors (Lipinski definition) is 0. The van der Waals surface area contributed by atoms with Gasteiger partial charge in [0.15, 0.2) is 0 Å². The summed E-state index contributed by atoms with van der Waals surface area (Å²) in [4.78, 5) is 5.79. The van der Waals surface area contributed by atoms with Crippen molar-refractivity contribution in [2.75, 3.05) is 0 Å². The molecule has 0 aliphatic rings. The molecule has 2 heterocycles. The molecule has 0 bridgehead atoms. The second kappa shape index (κ2) is 6.12. The predicted octanol–water partition coefficient (Wildman–Crippen LogP) is 5.00. The SMILES string of the molecule is Clc1cc(Br)cc(Cc2nccn2Cc2cccs2)c1. The second-order valence-electron chi connectivity index (χ2n) is 4.51. The molecule has 0 saturated heterocycles. The Balaban J connectivity index is 1.82. The molecule has 1 aromatic carbocycles. The van der Waals surface area contributed by atoms with E-state index >= 15 is 0 Å². The van der Waals surface area contributed by atoms with E-state index in [1.807, 2.05) is 24.5 Å². The molecule has 0 spiro atoms. The predicted molar refractivity (Wildman–Crippen MR) is 87.6 cm³/mol. The minimum Gasteiger partial charge on any atom is -0.329 e. The normalized spacial score (nSPS) is 10.9. The summed E-state index contributed by atoms with van der Waals surface area (Å²) in [5.74, 6) is 1.05. The molecule has 3 aromatic rings. The number of hydrogen-bond acceptors (Lipinski definition) is 2. The van der Waals surface area contributed by atoms with Crippen molar-refractivity contribution in [2.24, 2.45) is 0 Å². The summed E-state index contributed by atoms with van der Waals surface area (Å²) in [5, 5.41) is 2.84. The molecule has 0 radical (unpaired) electrons. The molecule has 3 rings (SSSR count). The van der Waals surface area contributed by atoms with Gasteiger partial charge in [0.2, 0.25) is 0 Å². The van der Waals surface area contributed by atoms with Gasteiger partial charge in [-0.2, -0.15) is 0 Å². The van der Waals surface area contributed by atoms with Crippen LogP contribution in [0, 0.1) is 0 Å². The van der Waals surface area contributed by atoms with Crippen LogP contribution in [0.25, 0.3) is 0 Å². The zero-order chi connectivity index (χ0) is 13.9. The summed E-state index contributed by atoms with van der Waals surface area (Å²) in [6, 6.07) is 10.2. The number of aromatic nitrogens is 2. The molecular weight excluding hydrogens is 356 g/mol. The molecule has 0 N–H and O–H groups in total. The first kappa shape index (κ1) is 13.9. The van der Waals surface area contributed by atoms with Gasteiger partial charge in [0.05, 0.1) is 6.54 Å². The van der Waals surface area contributed by atoms with Gasteiger partial charge in [0.1, 0.15) is 5.82 Å². The maximum Gasteiger partial charge on any atom is 0.113 e. The first-order valence-corrected chi connectivity index (χ1v) is 8.23. The maximum atomic E-state index is 6.09. The zero-order valence-corrected chi connectivity index (χ0v) is 13.8. The highest BCUT2D eigenvalue weighted by Crippen LogP contribution is 2.21. The van der Waals surface area contributed by atoms with Crippen molar-refractivity contribution in [3.05, 3.63) is 73.9 Å². The first-order chi connectivity index (χ1) is 9.70. The van der Waals surface area contributed by atoms with Crippen LogP contribution in [0.2, 0.25) is 5.02 Å². The van der Waals surface area contributed by atoms with E-state index in [9.17, 15) is 0 Å². The van der Waals surface area contributed by atoms with E-state index in [0.29, 0.717) is 0 Å². The molecule has 2 nitrogen and oxygen atoms in total. The van der Waals surface area contributed by atoms with Crippen molar-refractivity contribution in [1.82, 2.24) is 9.55 Å². The minimum atomic E-state index is 0.741. The van der Waals surface area contributed by atoms with Crippen molar-refractivity contribution in [1.29, 1.82) is 0 Å². The molecule has 102 valence electrons. The highest BCUT2D eigenvalue weighted by molar-refractivity contribution is 9.10. The summed E-state index contributed by atoms with van der Waals surface area (Å²) < 4.78 is 3.18. The van der Waals surface area contributed by atoms with Crippen LogP contribution in [-0.4, -0.2) is 9.55 Å². The third-order valence-electron chi connectivity index (χ3n) is 2.99. The molecule has 0 saturated carbocycles. The third-order valence-corrected chi connectivity index (χ3v) is 4.53. The quantitative estimate of drug-likeness (QED) is 0.634. The smallest absolute Gasteiger partial charge is 0.113 e. The number of halogens is 2. The van der Waals surface area contributed by atoms with Gasteiger partial charge in [0.25, 0.3) is 0 Å². The molecule has 0 aliphatic heterocycles. The summed E-state index contributed by atoms with van der Waals surface area (Å²) in [7, 11) is 0. The molecule has 20 heavy (non-hydrogen) atoms. The molecule has 0 unspecified atom stereocenters. The van der Waals surface area contributed by atoms with E-state index in [0.717, 1.165) is 33.8 Å². The van der Waals surface area contributed by atoms with Crippen LogP contribution in [0.3, 0.4) is 0 Å². The van der Waals surface area contributed by atoms with Crippen LogP contribution in [0.5, 0.6) is 0 Å². The van der Waals surface area contributed by atoms with Crippen LogP contribution in [0.4, 0.5) is 0 Å². The van der Waals surface area contributed by atoms with E-state index in [1.54, 1.807) is 11.3 Å². The van der Waals surface area contributed by atoms with E-state index in [-0.39, 0.29) is 0 Å². The molecule has 0 amide bonds. The Hall–Kier alpha value is -1.10. The number of rotatable bonds is 4. The summed E-state index contributed by atoms with van der Waals surface area (Å²) in [5.41, 5.74) is 1.16. The lowest BCUT2D eigenvalue weighted by atomic mass is 10.1. The summed E-state index contributed by atoms with van der Waals surface area (Å²) in [6.45, 7) is 0.870. The first-order valence-electron chi connectivity index (χ1n) is 6.18. The zero-order valence-electron chi connectivity index (χ0n) is 10.6. The van der Waals surface area contributed by atoms with Crippen LogP contribution in [0.15, 0.2) is 52.6 Å². The van der Waals surface area contributed by atoms with Crippen molar-refractivity contribution >= 4 is 38.9 Å². The molecule has 5 heteroatoms. The fraction of sp³-hybridized carbons (Fsp3) is 0.133. The van der Waals surface area contributed by atoms with Gasteiger partial charge >= 0.3 is 0 Å². The minimum absolute atomic E-state index is 0.741. The van der Waals surface area contributed by atoms with Crippen LogP contribution in [-0.2, 0) is 13.0 Å². The van der Waals surface area contributed by atoms with Crippen molar-refractivity contribution < 1.29 is 0 Å². The van der Waals surface area contributed by atoms with Gasteiger partial charge < -0.3 is 4.57 Å². The van der Waals surface area contributed by atoms with Crippen molar-refractivity contribution in [3.63, 3.8) is 0 Å². The largest absolute Gasteiger partial charge is 0.329 e. The monoisotopic (exact) mass is 366 g/mol. The van der Waals surface area contributed by atoms with Gasteiger partial charge in [-0.15, -0.1) is 11.3 Å². The third kappa shape index (κ3) is 3.32. The highest BCUT2D eigenvalue weighted by atomic mass is 79.9. The fourth-order valence-corrected chi connectivity index (χ4v) is 3.75. The molecule has 2 aromatic heterocycles. The van der Waals surface area contributed by atoms with Gasteiger partial charge in [0, 0.05) is 33.2 Å². The molecule has 0 atom stereocenters. The topological polar surface area (TPSA) is 17.8 Å². The van der Waals surface area contributed by atoms with E-state index in [2.05, 4.69) is 49.1 Å². The summed E-state index contributed by atoms with van der Waals surface area (Å²) in [6.07, 6.45) is 4.65. The molecule has 0 fully saturated rings. The van der Waals surface area contributed by atoms with Crippen LogP contribution >= 0.6 is 38.9 Å². The Kier molecular flexibility index (Phi) is 4.24. The lowest BCUT2D eigenvalue weighted by Gasteiger charge is -2.07. The summed E-state index contributed by atoms with van der Waals surface area (Å²) >= 11 is 11.3. The highest BCUT2D eigenvalue weighted by Gasteiger charge is 2.07. The molecular formula is C15H12BrClN2S. The Morgan fingerprint density at radius 2 is 2.20 bits per heavy atom. The lowest BCUT2D eigenvalue weighted by molar-refractivity contribution is 0.749. The number of nitrogens with zero attached hydrogens (tertiary/aromatic N) is 2. The lowest BCUT2D eigenvalue weighted by Crippen LogP contribution is -2.04. The van der Waals surface area contributed by atoms with Crippen molar-refractivity contribution in [3.8, 4) is 0 Å². The Morgan fingerprint density at radius 3 is 2.95 bits per heavy atom. The van der Waals surface area contributed by atoms with Gasteiger partial charge in [-0.25, -0.2) is 4.98 Å². The van der Waals surface area contributed by atoms with Gasteiger partial charge in [-0.1, -0.05) is 33.6 Å². The number of thiophene rings is 1. The molecule has 0 aliphatic carbocycles. The Bertz CT molecular complexity index is 686. The number of benzene rings is 1. The Labute approximate surface area is 135 Å². The van der Waals surface area contributed by atoms with E-state index < -0.39 is 0 Å². The van der Waals surface area contributed by atoms with Gasteiger partial charge in [-0.05, 0) is 35.2 Å². The van der Waals surface area contributed by atoms with E-state index in [1.165, 1.54) is 4.88 Å². The van der Waals surface area contributed by atoms with Gasteiger partial charge in [-0.3, -0.25) is 0 Å². The van der Waals surface area contributed by atoms with E-state index in [4.69, 9.17) is 11.6 Å². The maximum absolute atomic E-state index is 6.09. The van der Waals surface area contributed by atoms with Crippen LogP contribution in [0.1, 0.15) is 16.3 Å². The standard InChI is InChI=1S/C15H12BrClN2S/c16-12-6-11(7-13(17)9-12)8-15-18-3-4-19(15)10-14-2-1-5-20-14/h1-7,9H,8,10H2.